The second kappa shape index (κ2) is 13.5. The summed E-state index contributed by atoms with van der Waals surface area (Å²) in [6, 6.07) is 0. The van der Waals surface area contributed by atoms with Crippen molar-refractivity contribution in [3.8, 4) is 0 Å². The Balaban J connectivity index is 1.04. The fourth-order valence-corrected chi connectivity index (χ4v) is 8.87. The molecule has 4 aromatic rings. The number of phosphoric ester groups is 2. The Morgan fingerprint density at radius 1 is 0.745 bits per heavy atom. The van der Waals surface area contributed by atoms with E-state index in [-0.39, 0.29) is 34.2 Å². The van der Waals surface area contributed by atoms with Gasteiger partial charge < -0.3 is 51.2 Å². The maximum Gasteiger partial charge on any atom is 0.478 e. The highest BCUT2D eigenvalue weighted by atomic mass is 31.3. The Morgan fingerprint density at radius 3 is 1.49 bits per heavy atom. The number of aliphatic hydroxyl groups is 4. The molecule has 0 spiro atoms. The summed E-state index contributed by atoms with van der Waals surface area (Å²) in [4.78, 5) is 64.2. The Hall–Kier alpha value is -3.43. The molecule has 0 amide bonds. The van der Waals surface area contributed by atoms with Crippen molar-refractivity contribution in [2.24, 2.45) is 0 Å². The number of ether oxygens (including phenoxy) is 2. The van der Waals surface area contributed by atoms with Crippen LogP contribution in [0.3, 0.4) is 0 Å². The molecular weight excluding hydrogens is 756 g/mol. The van der Waals surface area contributed by atoms with E-state index in [0.29, 0.717) is 0 Å². The van der Waals surface area contributed by atoms with Gasteiger partial charge >= 0.3 is 15.6 Å². The first-order chi connectivity index (χ1) is 23.8. The van der Waals surface area contributed by atoms with Crippen LogP contribution < -0.4 is 22.6 Å². The maximum atomic E-state index is 12.6. The summed E-state index contributed by atoms with van der Waals surface area (Å²) in [5, 5.41) is 41.9. The van der Waals surface area contributed by atoms with Crippen molar-refractivity contribution in [3.63, 3.8) is 0 Å². The average Bonchev–Trinajstić information content (AvgIpc) is 3.76. The van der Waals surface area contributed by atoms with Crippen molar-refractivity contribution < 1.29 is 71.1 Å². The van der Waals surface area contributed by atoms with E-state index in [0.717, 1.165) is 21.8 Å². The lowest BCUT2D eigenvalue weighted by atomic mass is 10.1. The summed E-state index contributed by atoms with van der Waals surface area (Å²) < 4.78 is 68.5. The predicted molar refractivity (Wildman–Crippen MR) is 164 cm³/mol. The normalized spacial score (nSPS) is 30.4. The van der Waals surface area contributed by atoms with E-state index in [1.165, 1.54) is 0 Å². The van der Waals surface area contributed by atoms with Gasteiger partial charge in [0.25, 0.3) is 18.6 Å². The number of fused-ring (bicyclic) bond motifs is 2. The molecule has 0 aromatic carbocycles. The molecule has 0 aliphatic carbocycles. The van der Waals surface area contributed by atoms with E-state index in [4.69, 9.17) is 28.5 Å². The Bertz CT molecular complexity index is 2080. The monoisotopic (exact) mass is 782 g/mol. The molecule has 2 saturated heterocycles. The zero-order valence-electron chi connectivity index (χ0n) is 25.1. The standard InChI is InChI=1S/C20H26BN10O17P3/c21-49(38,47-50(39,40)43-1-5-9(32)11(34)17(45-5)30-3-24-7-13(30)26-19(22)28-15(7)36)48-51(41,42)44-2-6-10(33)12(35)18(46-6)31-4-25-8-14(31)27-20(23)29-16(8)37/h3-6,9-12,17-18,32-35H,1-2H2,(H,39,40)(H,41,42)(H3,22,26,28,36)(H3,23,27,29,37)/t5-,6-,9+,10?,11?,12+,17-,18-,49?/m1/s1. The van der Waals surface area contributed by atoms with Crippen LogP contribution in [0.4, 0.5) is 11.9 Å². The summed E-state index contributed by atoms with van der Waals surface area (Å²) in [6.45, 7) is -2.08. The molecule has 2 aliphatic heterocycles. The topological polar surface area (TPSA) is 407 Å². The van der Waals surface area contributed by atoms with Crippen LogP contribution in [0.1, 0.15) is 12.5 Å². The number of nitrogen functional groups attached to an aromatic ring is 2. The number of aromatic nitrogens is 8. The first-order valence-electron chi connectivity index (χ1n) is 14.0. The number of nitrogens with two attached hydrogens (primary N) is 2. The third kappa shape index (κ3) is 7.57. The van der Waals surface area contributed by atoms with E-state index < -0.39 is 96.5 Å². The number of nitrogens with zero attached hydrogens (tertiary/aromatic N) is 6. The Kier molecular flexibility index (Phi) is 9.90. The van der Waals surface area contributed by atoms with Gasteiger partial charge in [0.1, 0.15) is 36.6 Å². The second-order valence-corrected chi connectivity index (χ2v) is 15.7. The number of anilines is 2. The molecule has 2 radical (unpaired) electrons. The molecule has 2 fully saturated rings. The quantitative estimate of drug-likeness (QED) is 0.0486. The van der Waals surface area contributed by atoms with Gasteiger partial charge in [-0.15, -0.1) is 0 Å². The number of imidazole rings is 2. The molecule has 4 aromatic heterocycles. The Labute approximate surface area is 282 Å². The second-order valence-electron chi connectivity index (χ2n) is 10.9. The highest BCUT2D eigenvalue weighted by molar-refractivity contribution is 7.86. The lowest BCUT2D eigenvalue weighted by Gasteiger charge is -2.22. The third-order valence-electron chi connectivity index (χ3n) is 7.36. The number of rotatable bonds is 12. The highest BCUT2D eigenvalue weighted by Gasteiger charge is 2.48. The number of nitrogens with one attached hydrogen (secondary N) is 2. The van der Waals surface area contributed by atoms with E-state index in [1.54, 1.807) is 0 Å². The number of hydrogen-bond acceptors (Lipinski definition) is 21. The van der Waals surface area contributed by atoms with Crippen molar-refractivity contribution in [2.45, 2.75) is 49.1 Å². The molecule has 0 saturated carbocycles. The predicted octanol–water partition coefficient (Wildman–Crippen LogP) is -3.80. The molecule has 0 bridgehead atoms. The Morgan fingerprint density at radius 2 is 1.12 bits per heavy atom. The van der Waals surface area contributed by atoms with Crippen LogP contribution in [0.25, 0.3) is 22.3 Å². The van der Waals surface area contributed by atoms with Crippen LogP contribution in [0.15, 0.2) is 22.2 Å². The number of phosphoric acid groups is 2. The molecule has 31 heteroatoms. The lowest BCUT2D eigenvalue weighted by Crippen LogP contribution is -2.33. The van der Waals surface area contributed by atoms with Crippen LogP contribution in [0.5, 0.6) is 0 Å². The van der Waals surface area contributed by atoms with Gasteiger partial charge in [0.2, 0.25) is 19.5 Å². The fourth-order valence-electron chi connectivity index (χ4n) is 5.14. The zero-order chi connectivity index (χ0) is 37.2. The average molecular weight is 782 g/mol. The van der Waals surface area contributed by atoms with Crippen molar-refractivity contribution in [1.29, 1.82) is 0 Å². The number of H-pyrrole nitrogens is 2. The van der Waals surface area contributed by atoms with E-state index >= 15 is 0 Å². The molecule has 11 atom stereocenters. The van der Waals surface area contributed by atoms with Gasteiger partial charge in [-0.2, -0.15) is 9.97 Å². The molecule has 51 heavy (non-hydrogen) atoms. The van der Waals surface area contributed by atoms with Gasteiger partial charge in [-0.05, 0) is 0 Å². The maximum absolute atomic E-state index is 12.6. The number of hydrogen-bond donors (Lipinski definition) is 10. The smallest absolute Gasteiger partial charge is 0.387 e. The van der Waals surface area contributed by atoms with Gasteiger partial charge in [-0.3, -0.25) is 42.3 Å². The summed E-state index contributed by atoms with van der Waals surface area (Å²) in [5.74, 6) is -0.598. The molecule has 6 heterocycles. The van der Waals surface area contributed by atoms with Crippen LogP contribution in [0.2, 0.25) is 0 Å². The number of aliphatic hydroxyl groups excluding tert-OH is 4. The van der Waals surface area contributed by atoms with E-state index in [2.05, 4.69) is 47.6 Å². The number of aromatic amines is 2. The lowest BCUT2D eigenvalue weighted by molar-refractivity contribution is -0.0506. The first kappa shape index (κ1) is 37.3. The van der Waals surface area contributed by atoms with E-state index in [1.807, 2.05) is 0 Å². The summed E-state index contributed by atoms with van der Waals surface area (Å²) in [5.41, 5.74) is 9.01. The van der Waals surface area contributed by atoms with Crippen LogP contribution in [-0.2, 0) is 40.8 Å². The summed E-state index contributed by atoms with van der Waals surface area (Å²) >= 11 is 0. The molecule has 6 rings (SSSR count). The molecule has 12 N–H and O–H groups in total. The van der Waals surface area contributed by atoms with Crippen molar-refractivity contribution in [2.75, 3.05) is 24.7 Å². The molecule has 5 unspecified atom stereocenters. The van der Waals surface area contributed by atoms with Crippen molar-refractivity contribution >= 4 is 64.9 Å². The summed E-state index contributed by atoms with van der Waals surface area (Å²) in [7, 11) is -11.4. The van der Waals surface area contributed by atoms with Gasteiger partial charge in [-0.25, -0.2) is 27.7 Å². The van der Waals surface area contributed by atoms with Crippen molar-refractivity contribution in [1.82, 2.24) is 39.0 Å². The zero-order valence-corrected chi connectivity index (χ0v) is 27.8. The molecular formula is C20H26BN10O17P3. The largest absolute Gasteiger partial charge is 0.478 e. The van der Waals surface area contributed by atoms with Gasteiger partial charge in [0.15, 0.2) is 34.8 Å². The van der Waals surface area contributed by atoms with Crippen molar-refractivity contribution in [3.05, 3.63) is 33.4 Å². The van der Waals surface area contributed by atoms with Crippen LogP contribution in [0, 0.1) is 0 Å². The minimum atomic E-state index is -5.56. The van der Waals surface area contributed by atoms with Gasteiger partial charge in [0.05, 0.1) is 25.9 Å². The molecule has 27 nitrogen and oxygen atoms in total. The minimum absolute atomic E-state index is 0.139. The minimum Gasteiger partial charge on any atom is -0.387 e. The van der Waals surface area contributed by atoms with Gasteiger partial charge in [0, 0.05) is 0 Å². The molecule has 2 aliphatic rings. The van der Waals surface area contributed by atoms with Crippen LogP contribution in [-0.4, -0.2) is 127 Å². The first-order valence-corrected chi connectivity index (χ1v) is 18.6. The highest BCUT2D eigenvalue weighted by Crippen LogP contribution is 2.67. The summed E-state index contributed by atoms with van der Waals surface area (Å²) in [6.07, 6.45) is -11.1. The third-order valence-corrected chi connectivity index (χ3v) is 11.8. The van der Waals surface area contributed by atoms with Gasteiger partial charge in [-0.1, -0.05) is 0 Å². The van der Waals surface area contributed by atoms with Crippen LogP contribution >= 0.6 is 23.1 Å². The SMILES string of the molecule is [B]P(=O)(OP(=O)(O)OC[C@H]1O[C@@H](n2cnc3c(=O)[nH]c(N)nc32)[C@@H](O)C1O)OP(=O)(O)OC[C@H]1O[C@@H](n2cnc3c(=O)[nH]c(N)nc32)C(O)[C@H]1O. The van der Waals surface area contributed by atoms with E-state index in [9.17, 15) is 53.5 Å². The molecule has 276 valence electrons. The fraction of sp³-hybridized carbons (Fsp3) is 0.500.